The van der Waals surface area contributed by atoms with Crippen molar-refractivity contribution in [3.05, 3.63) is 71.5 Å². The Morgan fingerprint density at radius 1 is 1.05 bits per heavy atom. The van der Waals surface area contributed by atoms with Gasteiger partial charge in [-0.3, -0.25) is 0 Å². The maximum atomic E-state index is 13.3. The van der Waals surface area contributed by atoms with E-state index in [1.54, 1.807) is 12.1 Å². The van der Waals surface area contributed by atoms with E-state index in [0.717, 1.165) is 24.8 Å². The molecule has 2 aromatic rings. The van der Waals surface area contributed by atoms with Crippen LogP contribution in [-0.2, 0) is 11.8 Å². The highest BCUT2D eigenvalue weighted by Gasteiger charge is 2.43. The molecule has 1 unspecified atom stereocenters. The van der Waals surface area contributed by atoms with Crippen molar-refractivity contribution in [1.82, 2.24) is 0 Å². The summed E-state index contributed by atoms with van der Waals surface area (Å²) < 4.78 is 13.3. The van der Waals surface area contributed by atoms with Crippen LogP contribution in [0.25, 0.3) is 0 Å². The van der Waals surface area contributed by atoms with E-state index in [2.05, 4.69) is 24.3 Å². The van der Waals surface area contributed by atoms with E-state index in [4.69, 9.17) is 5.73 Å². The van der Waals surface area contributed by atoms with E-state index in [1.165, 1.54) is 18.1 Å². The molecule has 0 saturated heterocycles. The number of hydrogen-bond acceptors (Lipinski definition) is 1. The van der Waals surface area contributed by atoms with Gasteiger partial charge in [-0.2, -0.15) is 0 Å². The molecule has 20 heavy (non-hydrogen) atoms. The highest BCUT2D eigenvalue weighted by Crippen LogP contribution is 2.46. The van der Waals surface area contributed by atoms with E-state index >= 15 is 0 Å². The average Bonchev–Trinajstić information content (AvgIpc) is 2.38. The summed E-state index contributed by atoms with van der Waals surface area (Å²) in [5.41, 5.74) is 8.90. The first-order chi connectivity index (χ1) is 9.71. The Morgan fingerprint density at radius 2 is 1.80 bits per heavy atom. The van der Waals surface area contributed by atoms with Crippen molar-refractivity contribution in [2.24, 2.45) is 5.73 Å². The van der Waals surface area contributed by atoms with Crippen LogP contribution >= 0.6 is 0 Å². The Balaban J connectivity index is 1.83. The van der Waals surface area contributed by atoms with Crippen LogP contribution in [0.3, 0.4) is 0 Å². The zero-order valence-corrected chi connectivity index (χ0v) is 11.6. The van der Waals surface area contributed by atoms with Gasteiger partial charge in [0, 0.05) is 11.5 Å². The molecule has 0 radical (unpaired) electrons. The van der Waals surface area contributed by atoms with Crippen molar-refractivity contribution < 1.29 is 4.39 Å². The molecule has 1 atom stereocenters. The molecule has 0 spiro atoms. The summed E-state index contributed by atoms with van der Waals surface area (Å²) in [6, 6.07) is 17.4. The third kappa shape index (κ3) is 2.36. The molecular weight excluding hydrogens is 249 g/mol. The van der Waals surface area contributed by atoms with Gasteiger partial charge in [-0.15, -0.1) is 0 Å². The number of halogens is 1. The van der Waals surface area contributed by atoms with Crippen LogP contribution in [0.1, 0.15) is 30.4 Å². The van der Waals surface area contributed by atoms with Crippen LogP contribution in [0.15, 0.2) is 54.6 Å². The van der Waals surface area contributed by atoms with Crippen molar-refractivity contribution in [3.8, 4) is 0 Å². The lowest BCUT2D eigenvalue weighted by atomic mass is 9.59. The molecule has 0 aromatic heterocycles. The average molecular weight is 269 g/mol. The third-order valence-electron chi connectivity index (χ3n) is 4.65. The molecule has 0 heterocycles. The van der Waals surface area contributed by atoms with Crippen molar-refractivity contribution in [2.75, 3.05) is 0 Å². The van der Waals surface area contributed by atoms with Gasteiger partial charge in [0.25, 0.3) is 0 Å². The molecule has 1 aliphatic carbocycles. The monoisotopic (exact) mass is 269 g/mol. The van der Waals surface area contributed by atoms with Gasteiger partial charge >= 0.3 is 0 Å². The van der Waals surface area contributed by atoms with Gasteiger partial charge in [-0.05, 0) is 42.5 Å². The summed E-state index contributed by atoms with van der Waals surface area (Å²) in [6.45, 7) is 0. The molecule has 1 aliphatic rings. The van der Waals surface area contributed by atoms with Crippen LogP contribution in [0.4, 0.5) is 4.39 Å². The Bertz CT molecular complexity index is 575. The van der Waals surface area contributed by atoms with Crippen molar-refractivity contribution in [2.45, 2.75) is 37.1 Å². The van der Waals surface area contributed by atoms with Crippen LogP contribution in [0.5, 0.6) is 0 Å². The molecule has 104 valence electrons. The highest BCUT2D eigenvalue weighted by atomic mass is 19.1. The van der Waals surface area contributed by atoms with Gasteiger partial charge in [0.1, 0.15) is 5.82 Å². The first kappa shape index (κ1) is 13.3. The molecule has 1 fully saturated rings. The van der Waals surface area contributed by atoms with Crippen molar-refractivity contribution >= 4 is 0 Å². The molecule has 1 saturated carbocycles. The lowest BCUT2D eigenvalue weighted by Crippen LogP contribution is -2.51. The minimum absolute atomic E-state index is 0.0421. The van der Waals surface area contributed by atoms with Gasteiger partial charge in [-0.25, -0.2) is 4.39 Å². The SMILES string of the molecule is NC(Cc1cccc(F)c1)C1(c2ccccc2)CCC1. The molecule has 1 nitrogen and oxygen atoms in total. The topological polar surface area (TPSA) is 26.0 Å². The van der Waals surface area contributed by atoms with Crippen LogP contribution < -0.4 is 5.73 Å². The van der Waals surface area contributed by atoms with Gasteiger partial charge < -0.3 is 5.73 Å². The van der Waals surface area contributed by atoms with Crippen molar-refractivity contribution in [1.29, 1.82) is 0 Å². The second-order valence-corrected chi connectivity index (χ2v) is 5.82. The normalized spacial score (nSPS) is 18.3. The maximum Gasteiger partial charge on any atom is 0.123 e. The van der Waals surface area contributed by atoms with Gasteiger partial charge in [0.05, 0.1) is 0 Å². The number of hydrogen-bond donors (Lipinski definition) is 1. The Kier molecular flexibility index (Phi) is 3.58. The van der Waals surface area contributed by atoms with E-state index < -0.39 is 0 Å². The predicted octanol–water partition coefficient (Wildman–Crippen LogP) is 3.82. The van der Waals surface area contributed by atoms with Gasteiger partial charge in [0.2, 0.25) is 0 Å². The second kappa shape index (κ2) is 5.37. The van der Waals surface area contributed by atoms with Crippen molar-refractivity contribution in [3.63, 3.8) is 0 Å². The first-order valence-electron chi connectivity index (χ1n) is 7.26. The minimum atomic E-state index is -0.183. The summed E-state index contributed by atoms with van der Waals surface area (Å²) in [5, 5.41) is 0. The first-order valence-corrected chi connectivity index (χ1v) is 7.26. The summed E-state index contributed by atoms with van der Waals surface area (Å²) in [4.78, 5) is 0. The molecule has 3 rings (SSSR count). The molecular formula is C18H20FN. The standard InChI is InChI=1S/C18H20FN/c19-16-9-4-6-14(12-16)13-17(20)18(10-5-11-18)15-7-2-1-3-8-15/h1-4,6-9,12,17H,5,10-11,13,20H2. The fraction of sp³-hybridized carbons (Fsp3) is 0.333. The fourth-order valence-electron chi connectivity index (χ4n) is 3.31. The third-order valence-corrected chi connectivity index (χ3v) is 4.65. The quantitative estimate of drug-likeness (QED) is 0.897. The summed E-state index contributed by atoms with van der Waals surface area (Å²) >= 11 is 0. The molecule has 2 aromatic carbocycles. The molecule has 2 heteroatoms. The van der Waals surface area contributed by atoms with Crippen LogP contribution in [0, 0.1) is 5.82 Å². The molecule has 0 aliphatic heterocycles. The van der Waals surface area contributed by atoms with Crippen LogP contribution in [0.2, 0.25) is 0 Å². The largest absolute Gasteiger partial charge is 0.327 e. The Labute approximate surface area is 119 Å². The molecule has 0 amide bonds. The molecule has 2 N–H and O–H groups in total. The smallest absolute Gasteiger partial charge is 0.123 e. The number of rotatable bonds is 4. The molecule has 0 bridgehead atoms. The van der Waals surface area contributed by atoms with E-state index in [1.807, 2.05) is 12.1 Å². The number of benzene rings is 2. The lowest BCUT2D eigenvalue weighted by Gasteiger charge is -2.47. The lowest BCUT2D eigenvalue weighted by molar-refractivity contribution is 0.194. The summed E-state index contributed by atoms with van der Waals surface area (Å²) in [5.74, 6) is -0.183. The van der Waals surface area contributed by atoms with Gasteiger partial charge in [-0.1, -0.05) is 48.9 Å². The zero-order chi connectivity index (χ0) is 14.0. The summed E-state index contributed by atoms with van der Waals surface area (Å²) in [7, 11) is 0. The Morgan fingerprint density at radius 3 is 2.40 bits per heavy atom. The second-order valence-electron chi connectivity index (χ2n) is 5.82. The number of nitrogens with two attached hydrogens (primary N) is 1. The van der Waals surface area contributed by atoms with Crippen LogP contribution in [-0.4, -0.2) is 6.04 Å². The van der Waals surface area contributed by atoms with E-state index in [-0.39, 0.29) is 17.3 Å². The maximum absolute atomic E-state index is 13.3. The van der Waals surface area contributed by atoms with Gasteiger partial charge in [0.15, 0.2) is 0 Å². The highest BCUT2D eigenvalue weighted by molar-refractivity contribution is 5.32. The van der Waals surface area contributed by atoms with E-state index in [9.17, 15) is 4.39 Å². The predicted molar refractivity (Wildman–Crippen MR) is 80.1 cm³/mol. The minimum Gasteiger partial charge on any atom is -0.327 e. The zero-order valence-electron chi connectivity index (χ0n) is 11.6. The fourth-order valence-corrected chi connectivity index (χ4v) is 3.31. The van der Waals surface area contributed by atoms with E-state index in [0.29, 0.717) is 0 Å². The Hall–Kier alpha value is -1.67. The summed E-state index contributed by atoms with van der Waals surface area (Å²) in [6.07, 6.45) is 4.22.